The summed E-state index contributed by atoms with van der Waals surface area (Å²) in [5, 5.41) is 4.02. The minimum Gasteiger partial charge on any atom is -0.351 e. The lowest BCUT2D eigenvalue weighted by Gasteiger charge is -2.10. The van der Waals surface area contributed by atoms with Crippen molar-refractivity contribution in [3.8, 4) is 0 Å². The summed E-state index contributed by atoms with van der Waals surface area (Å²) in [6, 6.07) is 7.74. The van der Waals surface area contributed by atoms with Gasteiger partial charge in [-0.2, -0.15) is 13.2 Å². The summed E-state index contributed by atoms with van der Waals surface area (Å²) in [5.41, 5.74) is 1.95. The fourth-order valence-electron chi connectivity index (χ4n) is 1.92. The second kappa shape index (κ2) is 5.63. The zero-order valence-electron chi connectivity index (χ0n) is 10.5. The standard InChI is InChI=1S/C13H15F3N2O/c1-17-7-10-2-3-11-4-5-18(12(11)6-10)9-19-8-13(14,15)16/h2-6,17H,7-9H2,1H3. The quantitative estimate of drug-likeness (QED) is 0.905. The zero-order valence-corrected chi connectivity index (χ0v) is 10.5. The average Bonchev–Trinajstić information content (AvgIpc) is 2.71. The predicted molar refractivity (Wildman–Crippen MR) is 66.7 cm³/mol. The summed E-state index contributed by atoms with van der Waals surface area (Å²) in [6.45, 7) is -0.626. The predicted octanol–water partition coefficient (Wildman–Crippen LogP) is 2.90. The van der Waals surface area contributed by atoms with Crippen molar-refractivity contribution >= 4 is 10.9 Å². The van der Waals surface area contributed by atoms with E-state index in [4.69, 9.17) is 0 Å². The van der Waals surface area contributed by atoms with Gasteiger partial charge in [-0.15, -0.1) is 0 Å². The van der Waals surface area contributed by atoms with E-state index in [0.717, 1.165) is 16.5 Å². The summed E-state index contributed by atoms with van der Waals surface area (Å²) < 4.78 is 42.4. The van der Waals surface area contributed by atoms with Crippen LogP contribution >= 0.6 is 0 Å². The molecule has 1 N–H and O–H groups in total. The van der Waals surface area contributed by atoms with Gasteiger partial charge in [0.1, 0.15) is 13.3 Å². The van der Waals surface area contributed by atoms with Crippen LogP contribution < -0.4 is 5.32 Å². The number of nitrogens with one attached hydrogen (secondary N) is 1. The molecule has 0 aliphatic rings. The Bertz CT molecular complexity index is 548. The molecule has 0 spiro atoms. The van der Waals surface area contributed by atoms with Crippen LogP contribution in [0.3, 0.4) is 0 Å². The fraction of sp³-hybridized carbons (Fsp3) is 0.385. The molecule has 0 saturated carbocycles. The molecule has 3 nitrogen and oxygen atoms in total. The number of halogens is 3. The van der Waals surface area contributed by atoms with Gasteiger partial charge in [-0.3, -0.25) is 0 Å². The molecule has 0 fully saturated rings. The Balaban J connectivity index is 2.12. The van der Waals surface area contributed by atoms with Crippen LogP contribution in [0.4, 0.5) is 13.2 Å². The Labute approximate surface area is 109 Å². The van der Waals surface area contributed by atoms with Crippen molar-refractivity contribution in [2.75, 3.05) is 13.7 Å². The van der Waals surface area contributed by atoms with E-state index in [-0.39, 0.29) is 6.73 Å². The van der Waals surface area contributed by atoms with Crippen molar-refractivity contribution in [1.29, 1.82) is 0 Å². The van der Waals surface area contributed by atoms with E-state index in [2.05, 4.69) is 10.1 Å². The molecular weight excluding hydrogens is 257 g/mol. The van der Waals surface area contributed by atoms with Crippen LogP contribution in [0.25, 0.3) is 10.9 Å². The molecule has 6 heteroatoms. The summed E-state index contributed by atoms with van der Waals surface area (Å²) in [6.07, 6.45) is -2.57. The summed E-state index contributed by atoms with van der Waals surface area (Å²) in [5.74, 6) is 0. The number of alkyl halides is 3. The highest BCUT2D eigenvalue weighted by Crippen LogP contribution is 2.19. The molecule has 1 aromatic heterocycles. The Morgan fingerprint density at radius 3 is 2.74 bits per heavy atom. The van der Waals surface area contributed by atoms with Gasteiger partial charge in [0.05, 0.1) is 5.52 Å². The Morgan fingerprint density at radius 2 is 2.05 bits per heavy atom. The first-order chi connectivity index (χ1) is 8.99. The van der Waals surface area contributed by atoms with Crippen LogP contribution in [0, 0.1) is 0 Å². The maximum Gasteiger partial charge on any atom is 0.411 e. The van der Waals surface area contributed by atoms with Gasteiger partial charge < -0.3 is 14.6 Å². The molecule has 104 valence electrons. The monoisotopic (exact) mass is 272 g/mol. The van der Waals surface area contributed by atoms with Gasteiger partial charge in [0, 0.05) is 12.7 Å². The molecule has 2 aromatic rings. The molecular formula is C13H15F3N2O. The van der Waals surface area contributed by atoms with Gasteiger partial charge in [0.25, 0.3) is 0 Å². The molecule has 0 saturated heterocycles. The van der Waals surface area contributed by atoms with Gasteiger partial charge in [-0.25, -0.2) is 0 Å². The van der Waals surface area contributed by atoms with Crippen LogP contribution in [-0.2, 0) is 18.0 Å². The second-order valence-corrected chi connectivity index (χ2v) is 4.30. The number of fused-ring (bicyclic) bond motifs is 1. The van der Waals surface area contributed by atoms with Gasteiger partial charge in [-0.1, -0.05) is 12.1 Å². The third-order valence-corrected chi connectivity index (χ3v) is 2.72. The number of benzene rings is 1. The van der Waals surface area contributed by atoms with E-state index < -0.39 is 12.8 Å². The largest absolute Gasteiger partial charge is 0.411 e. The van der Waals surface area contributed by atoms with Crippen LogP contribution in [0.15, 0.2) is 30.5 Å². The highest BCUT2D eigenvalue weighted by molar-refractivity contribution is 5.80. The van der Waals surface area contributed by atoms with Crippen molar-refractivity contribution < 1.29 is 17.9 Å². The molecule has 0 radical (unpaired) electrons. The number of hydrogen-bond acceptors (Lipinski definition) is 2. The first-order valence-electron chi connectivity index (χ1n) is 5.86. The summed E-state index contributed by atoms with van der Waals surface area (Å²) in [7, 11) is 1.84. The molecule has 0 amide bonds. The number of hydrogen-bond donors (Lipinski definition) is 1. The third-order valence-electron chi connectivity index (χ3n) is 2.72. The lowest BCUT2D eigenvalue weighted by atomic mass is 10.1. The van der Waals surface area contributed by atoms with Crippen molar-refractivity contribution in [3.63, 3.8) is 0 Å². The van der Waals surface area contributed by atoms with E-state index in [9.17, 15) is 13.2 Å². The van der Waals surface area contributed by atoms with E-state index in [1.807, 2.05) is 31.3 Å². The molecule has 1 aromatic carbocycles. The number of aromatic nitrogens is 1. The van der Waals surface area contributed by atoms with E-state index >= 15 is 0 Å². The van der Waals surface area contributed by atoms with Crippen molar-refractivity contribution in [2.24, 2.45) is 0 Å². The molecule has 19 heavy (non-hydrogen) atoms. The van der Waals surface area contributed by atoms with E-state index in [1.165, 1.54) is 0 Å². The van der Waals surface area contributed by atoms with Gasteiger partial charge >= 0.3 is 6.18 Å². The van der Waals surface area contributed by atoms with Gasteiger partial charge in [0.15, 0.2) is 0 Å². The lowest BCUT2D eigenvalue weighted by molar-refractivity contribution is -0.181. The highest BCUT2D eigenvalue weighted by atomic mass is 19.4. The first-order valence-corrected chi connectivity index (χ1v) is 5.86. The molecule has 0 aliphatic heterocycles. The smallest absolute Gasteiger partial charge is 0.351 e. The Kier molecular flexibility index (Phi) is 4.11. The van der Waals surface area contributed by atoms with E-state index in [1.54, 1.807) is 10.8 Å². The van der Waals surface area contributed by atoms with Crippen molar-refractivity contribution in [2.45, 2.75) is 19.5 Å². The Morgan fingerprint density at radius 1 is 1.26 bits per heavy atom. The van der Waals surface area contributed by atoms with Crippen molar-refractivity contribution in [3.05, 3.63) is 36.0 Å². The van der Waals surface area contributed by atoms with Crippen LogP contribution in [0.2, 0.25) is 0 Å². The third kappa shape index (κ3) is 3.71. The normalized spacial score (nSPS) is 12.2. The minimum atomic E-state index is -4.29. The van der Waals surface area contributed by atoms with Crippen molar-refractivity contribution in [1.82, 2.24) is 9.88 Å². The van der Waals surface area contributed by atoms with Gasteiger partial charge in [-0.05, 0) is 30.1 Å². The van der Waals surface area contributed by atoms with E-state index in [0.29, 0.717) is 6.54 Å². The Hall–Kier alpha value is -1.53. The summed E-state index contributed by atoms with van der Waals surface area (Å²) in [4.78, 5) is 0. The molecule has 1 heterocycles. The highest BCUT2D eigenvalue weighted by Gasteiger charge is 2.27. The molecule has 0 atom stereocenters. The second-order valence-electron chi connectivity index (χ2n) is 4.30. The number of rotatable bonds is 5. The fourth-order valence-corrected chi connectivity index (χ4v) is 1.92. The molecule has 0 aliphatic carbocycles. The molecule has 0 unspecified atom stereocenters. The maximum absolute atomic E-state index is 12.0. The average molecular weight is 272 g/mol. The summed E-state index contributed by atoms with van der Waals surface area (Å²) >= 11 is 0. The number of nitrogens with zero attached hydrogens (tertiary/aromatic N) is 1. The number of ether oxygens (including phenoxy) is 1. The van der Waals surface area contributed by atoms with Gasteiger partial charge in [0.2, 0.25) is 0 Å². The maximum atomic E-state index is 12.0. The molecule has 0 bridgehead atoms. The lowest BCUT2D eigenvalue weighted by Crippen LogP contribution is -2.18. The van der Waals surface area contributed by atoms with Crippen LogP contribution in [-0.4, -0.2) is 24.4 Å². The minimum absolute atomic E-state index is 0.105. The molecule has 2 rings (SSSR count). The SMILES string of the molecule is CNCc1ccc2ccn(COCC(F)(F)F)c2c1. The first kappa shape index (κ1) is 13.9. The topological polar surface area (TPSA) is 26.2 Å². The van der Waals surface area contributed by atoms with Crippen LogP contribution in [0.1, 0.15) is 5.56 Å². The zero-order chi connectivity index (χ0) is 13.9. The van der Waals surface area contributed by atoms with Crippen LogP contribution in [0.5, 0.6) is 0 Å².